The van der Waals surface area contributed by atoms with Gasteiger partial charge >= 0.3 is 5.97 Å². The minimum atomic E-state index is -0.776. The maximum absolute atomic E-state index is 10.2. The van der Waals surface area contributed by atoms with Crippen LogP contribution in [-0.4, -0.2) is 11.1 Å². The lowest BCUT2D eigenvalue weighted by Gasteiger charge is -1.90. The Kier molecular flexibility index (Phi) is 13.5. The highest BCUT2D eigenvalue weighted by atomic mass is 79.9. The minimum absolute atomic E-state index is 0.173. The summed E-state index contributed by atoms with van der Waals surface area (Å²) in [5, 5.41) is 8.41. The van der Waals surface area contributed by atoms with Gasteiger partial charge in [0, 0.05) is 12.8 Å². The fraction of sp³-hybridized carbons (Fsp3) is 0.438. The number of carbonyl (C=O) groups is 1. The smallest absolute Gasteiger partial charge is 0.303 e. The minimum Gasteiger partial charge on any atom is -0.481 e. The van der Waals surface area contributed by atoms with Gasteiger partial charge < -0.3 is 5.11 Å². The Bertz CT molecular complexity index is 414. The summed E-state index contributed by atoms with van der Waals surface area (Å²) < 4.78 is 0. The van der Waals surface area contributed by atoms with Gasteiger partial charge in [-0.1, -0.05) is 39.9 Å². The molecule has 0 unspecified atom stereocenters. The molecule has 3 heteroatoms. The van der Waals surface area contributed by atoms with Gasteiger partial charge in [0.25, 0.3) is 0 Å². The van der Waals surface area contributed by atoms with E-state index in [1.54, 1.807) is 0 Å². The van der Waals surface area contributed by atoms with E-state index in [9.17, 15) is 4.79 Å². The van der Waals surface area contributed by atoms with Crippen LogP contribution >= 0.6 is 15.9 Å². The summed E-state index contributed by atoms with van der Waals surface area (Å²) in [6.45, 7) is 0. The highest BCUT2D eigenvalue weighted by Crippen LogP contribution is 2.02. The van der Waals surface area contributed by atoms with Crippen LogP contribution in [0.5, 0.6) is 0 Å². The van der Waals surface area contributed by atoms with Crippen LogP contribution in [0.2, 0.25) is 0 Å². The van der Waals surface area contributed by atoms with Crippen LogP contribution in [0.4, 0.5) is 0 Å². The SMILES string of the molecule is O=C(O)CCCC#CC#C/C=C/CCCC/C=C/Br. The van der Waals surface area contributed by atoms with E-state index in [0.29, 0.717) is 12.8 Å². The predicted octanol–water partition coefficient (Wildman–Crippen LogP) is 4.27. The van der Waals surface area contributed by atoms with Gasteiger partial charge in [0.2, 0.25) is 0 Å². The fourth-order valence-electron chi connectivity index (χ4n) is 1.24. The molecule has 0 aromatic heterocycles. The van der Waals surface area contributed by atoms with Crippen LogP contribution < -0.4 is 0 Å². The first-order valence-corrected chi connectivity index (χ1v) is 7.29. The molecular formula is C16H19BrO2. The van der Waals surface area contributed by atoms with Gasteiger partial charge in [0.1, 0.15) is 0 Å². The fourth-order valence-corrected chi connectivity index (χ4v) is 1.51. The Morgan fingerprint density at radius 3 is 2.53 bits per heavy atom. The molecule has 19 heavy (non-hydrogen) atoms. The molecule has 0 rings (SSSR count). The van der Waals surface area contributed by atoms with E-state index < -0.39 is 5.97 Å². The monoisotopic (exact) mass is 322 g/mol. The molecule has 0 saturated heterocycles. The number of rotatable bonds is 8. The molecule has 0 aliphatic rings. The summed E-state index contributed by atoms with van der Waals surface area (Å²) in [6, 6.07) is 0. The maximum atomic E-state index is 10.2. The summed E-state index contributed by atoms with van der Waals surface area (Å²) in [5.41, 5.74) is 0. The molecule has 102 valence electrons. The number of carboxylic acid groups (broad SMARTS) is 1. The lowest BCUT2D eigenvalue weighted by Crippen LogP contribution is -1.92. The van der Waals surface area contributed by atoms with Crippen LogP contribution in [0.25, 0.3) is 0 Å². The van der Waals surface area contributed by atoms with Gasteiger partial charge in [-0.3, -0.25) is 4.79 Å². The summed E-state index contributed by atoms with van der Waals surface area (Å²) in [6.07, 6.45) is 11.8. The number of halogens is 1. The van der Waals surface area contributed by atoms with Crippen LogP contribution in [0.1, 0.15) is 44.9 Å². The zero-order chi connectivity index (χ0) is 14.2. The first-order chi connectivity index (χ1) is 9.27. The standard InChI is InChI=1S/C16H19BrO2/c17-15-13-11-9-7-5-3-1-2-4-6-8-10-12-14-16(18)19/h1,3,13,15H,5,7,9-12,14H2,(H,18,19)/b3-1+,15-13+. The molecule has 0 aromatic carbocycles. The van der Waals surface area contributed by atoms with Crippen LogP contribution in [-0.2, 0) is 4.79 Å². The van der Waals surface area contributed by atoms with Gasteiger partial charge in [0.15, 0.2) is 0 Å². The quantitative estimate of drug-likeness (QED) is 0.535. The van der Waals surface area contributed by atoms with E-state index in [-0.39, 0.29) is 6.42 Å². The van der Waals surface area contributed by atoms with Crippen LogP contribution in [0.3, 0.4) is 0 Å². The average Bonchev–Trinajstić information content (AvgIpc) is 2.39. The van der Waals surface area contributed by atoms with E-state index in [1.807, 2.05) is 11.1 Å². The largest absolute Gasteiger partial charge is 0.481 e. The zero-order valence-electron chi connectivity index (χ0n) is 11.0. The summed E-state index contributed by atoms with van der Waals surface area (Å²) in [7, 11) is 0. The number of allylic oxidation sites excluding steroid dienone is 3. The average molecular weight is 323 g/mol. The van der Waals surface area contributed by atoms with E-state index in [2.05, 4.69) is 51.8 Å². The Morgan fingerprint density at radius 2 is 1.84 bits per heavy atom. The highest BCUT2D eigenvalue weighted by molar-refractivity contribution is 9.11. The van der Waals surface area contributed by atoms with Crippen molar-refractivity contribution in [3.8, 4) is 23.7 Å². The Balaban J connectivity index is 3.52. The van der Waals surface area contributed by atoms with E-state index in [4.69, 9.17) is 5.11 Å². The van der Waals surface area contributed by atoms with E-state index in [0.717, 1.165) is 19.3 Å². The van der Waals surface area contributed by atoms with Crippen molar-refractivity contribution in [1.82, 2.24) is 0 Å². The van der Waals surface area contributed by atoms with Gasteiger partial charge in [0.05, 0.1) is 0 Å². The number of unbranched alkanes of at least 4 members (excludes halogenated alkanes) is 4. The number of hydrogen-bond donors (Lipinski definition) is 1. The molecule has 0 fully saturated rings. The third kappa shape index (κ3) is 16.6. The molecule has 0 heterocycles. The van der Waals surface area contributed by atoms with Crippen molar-refractivity contribution >= 4 is 21.9 Å². The second-order valence-corrected chi connectivity index (χ2v) is 4.40. The van der Waals surface area contributed by atoms with Crippen LogP contribution in [0, 0.1) is 23.7 Å². The molecule has 0 spiro atoms. The van der Waals surface area contributed by atoms with E-state index in [1.165, 1.54) is 6.42 Å². The van der Waals surface area contributed by atoms with Crippen molar-refractivity contribution in [2.45, 2.75) is 44.9 Å². The molecule has 0 aromatic rings. The van der Waals surface area contributed by atoms with Crippen molar-refractivity contribution in [1.29, 1.82) is 0 Å². The normalized spacial score (nSPS) is 9.95. The first kappa shape index (κ1) is 17.6. The van der Waals surface area contributed by atoms with E-state index >= 15 is 0 Å². The predicted molar refractivity (Wildman–Crippen MR) is 82.7 cm³/mol. The Morgan fingerprint density at radius 1 is 1.11 bits per heavy atom. The first-order valence-electron chi connectivity index (χ1n) is 6.37. The molecular weight excluding hydrogens is 304 g/mol. The van der Waals surface area contributed by atoms with Crippen molar-refractivity contribution in [3.63, 3.8) is 0 Å². The van der Waals surface area contributed by atoms with Gasteiger partial charge in [-0.05, 0) is 55.0 Å². The number of hydrogen-bond acceptors (Lipinski definition) is 1. The topological polar surface area (TPSA) is 37.3 Å². The van der Waals surface area contributed by atoms with Gasteiger partial charge in [-0.15, -0.1) is 0 Å². The van der Waals surface area contributed by atoms with Crippen molar-refractivity contribution in [2.24, 2.45) is 0 Å². The molecule has 0 amide bonds. The third-order valence-electron chi connectivity index (χ3n) is 2.20. The maximum Gasteiger partial charge on any atom is 0.303 e. The molecule has 1 N–H and O–H groups in total. The van der Waals surface area contributed by atoms with Crippen molar-refractivity contribution in [3.05, 3.63) is 23.2 Å². The summed E-state index contributed by atoms with van der Waals surface area (Å²) in [5.74, 6) is 10.3. The second kappa shape index (κ2) is 14.6. The number of aliphatic carboxylic acids is 1. The van der Waals surface area contributed by atoms with Crippen molar-refractivity contribution in [2.75, 3.05) is 0 Å². The van der Waals surface area contributed by atoms with Crippen molar-refractivity contribution < 1.29 is 9.90 Å². The Hall–Kier alpha value is -1.45. The Labute approximate surface area is 124 Å². The van der Waals surface area contributed by atoms with Gasteiger partial charge in [-0.25, -0.2) is 0 Å². The zero-order valence-corrected chi connectivity index (χ0v) is 12.6. The summed E-state index contributed by atoms with van der Waals surface area (Å²) in [4.78, 5) is 12.1. The molecule has 2 nitrogen and oxygen atoms in total. The van der Waals surface area contributed by atoms with Gasteiger partial charge in [-0.2, -0.15) is 0 Å². The molecule has 0 atom stereocenters. The third-order valence-corrected chi connectivity index (χ3v) is 2.57. The molecule has 0 radical (unpaired) electrons. The summed E-state index contributed by atoms with van der Waals surface area (Å²) >= 11 is 3.24. The molecule has 0 bridgehead atoms. The lowest BCUT2D eigenvalue weighted by molar-refractivity contribution is -0.137. The number of carboxylic acids is 1. The second-order valence-electron chi connectivity index (χ2n) is 3.87. The molecule has 0 saturated carbocycles. The molecule has 0 aliphatic heterocycles. The lowest BCUT2D eigenvalue weighted by atomic mass is 10.2. The molecule has 0 aliphatic carbocycles. The highest BCUT2D eigenvalue weighted by Gasteiger charge is 1.92. The van der Waals surface area contributed by atoms with Crippen LogP contribution in [0.15, 0.2) is 23.2 Å².